The maximum absolute atomic E-state index is 14.0. The number of aliphatic hydroxyl groups excluding tert-OH is 3. The van der Waals surface area contributed by atoms with Crippen molar-refractivity contribution in [2.75, 3.05) is 25.4 Å². The number of aliphatic carboxylic acids is 2. The molecule has 0 aromatic carbocycles. The summed E-state index contributed by atoms with van der Waals surface area (Å²) >= 11 is 4.07. The van der Waals surface area contributed by atoms with Gasteiger partial charge in [0.1, 0.15) is 54.4 Å². The number of thiol groups is 1. The number of carboxylic acid groups (broad SMARTS) is 2. The molecule has 11 atom stereocenters. The average molecular weight is 991 g/mol. The van der Waals surface area contributed by atoms with E-state index in [-0.39, 0.29) is 50.5 Å². The van der Waals surface area contributed by atoms with E-state index in [1.165, 1.54) is 20.8 Å². The quantitative estimate of drug-likeness (QED) is 0.0143. The first kappa shape index (κ1) is 60.2. The molecule has 0 aromatic rings. The van der Waals surface area contributed by atoms with Crippen LogP contribution in [0.1, 0.15) is 80.1 Å². The number of nitrogens with zero attached hydrogens (tertiary/aromatic N) is 2. The van der Waals surface area contributed by atoms with Gasteiger partial charge in [0.2, 0.25) is 47.3 Å². The van der Waals surface area contributed by atoms with Crippen molar-refractivity contribution in [3.63, 3.8) is 0 Å². The summed E-state index contributed by atoms with van der Waals surface area (Å²) in [4.78, 5) is 136. The molecule has 386 valence electrons. The normalized spacial score (nSPS) is 17.9. The monoisotopic (exact) mass is 990 g/mol. The van der Waals surface area contributed by atoms with Gasteiger partial charge in [-0.2, -0.15) is 12.6 Å². The number of carbonyl (C=O) groups is 10. The average Bonchev–Trinajstić information content (AvgIpc) is 3.76. The van der Waals surface area contributed by atoms with Gasteiger partial charge < -0.3 is 84.9 Å². The third kappa shape index (κ3) is 19.4. The van der Waals surface area contributed by atoms with Crippen molar-refractivity contribution in [3.8, 4) is 0 Å². The van der Waals surface area contributed by atoms with Gasteiger partial charge in [-0.3, -0.25) is 48.1 Å². The van der Waals surface area contributed by atoms with E-state index in [0.717, 1.165) is 11.8 Å². The van der Waals surface area contributed by atoms with Crippen LogP contribution in [0.2, 0.25) is 0 Å². The Bertz CT molecular complexity index is 1820. The number of nitrogens with two attached hydrogens (primary N) is 3. The second-order valence-electron chi connectivity index (χ2n) is 17.0. The highest BCUT2D eigenvalue weighted by atomic mass is 32.1. The molecular formula is C40H70N12O15S. The van der Waals surface area contributed by atoms with E-state index in [0.29, 0.717) is 0 Å². The van der Waals surface area contributed by atoms with Gasteiger partial charge in [-0.1, -0.05) is 27.7 Å². The summed E-state index contributed by atoms with van der Waals surface area (Å²) in [5.41, 5.74) is 16.3. The highest BCUT2D eigenvalue weighted by Crippen LogP contribution is 2.20. The first-order valence-corrected chi connectivity index (χ1v) is 22.6. The minimum atomic E-state index is -1.73. The highest BCUT2D eigenvalue weighted by Gasteiger charge is 2.42. The number of carbonyl (C=O) groups excluding carboxylic acids is 8. The summed E-state index contributed by atoms with van der Waals surface area (Å²) in [6, 6.07) is -13.3. The number of hydrogen-bond acceptors (Lipinski definition) is 16. The van der Waals surface area contributed by atoms with E-state index < -0.39 is 157 Å². The van der Waals surface area contributed by atoms with Crippen molar-refractivity contribution in [1.29, 1.82) is 0 Å². The SMILES string of the molecule is CC(C)[C@H](NC(=O)[C@H](CS)NC(=O)[C@@H](NC(=O)[C@@H](NC(=O)[C@H](CCC(=O)O)NC(=O)[C@@H]1CCCN1C(=O)[C@@H](NC(=O)[C@H](CCCN=C(N)N)NC(=O)[C@@H](N)CO)[C@@H](C)O)C(C)C)[C@@H](C)O)C(=O)O. The summed E-state index contributed by atoms with van der Waals surface area (Å²) in [6.45, 7) is 7.71. The molecule has 0 unspecified atom stereocenters. The lowest BCUT2D eigenvalue weighted by Crippen LogP contribution is -2.63. The zero-order valence-electron chi connectivity index (χ0n) is 39.0. The Morgan fingerprint density at radius 3 is 1.63 bits per heavy atom. The molecule has 0 spiro atoms. The standard InChI is InChI=1S/C40H70N12O15S/c1-17(2)27(36(63)50-29(19(5)54)37(64)47-24(16-68)34(61)49-28(18(3)4)39(66)67)48-33(60)23(11-12-26(56)57)46-35(62)25-10-8-14-52(25)38(65)30(20(6)55)51-32(59)22(9-7-13-44-40(42)43)45-31(58)21(41)15-53/h17-25,27-30,53-55,68H,7-16,41H2,1-6H3,(H,45,58)(H,46,62)(H,47,64)(H,48,60)(H,49,61)(H,50,63)(H,51,59)(H,56,57)(H,66,67)(H4,42,43,44)/t19-,20-,21+,22+,23+,24+,25+,27+,28+,29+,30+/m1/s1. The smallest absolute Gasteiger partial charge is 0.326 e. The van der Waals surface area contributed by atoms with Gasteiger partial charge in [-0.25, -0.2) is 4.79 Å². The summed E-state index contributed by atoms with van der Waals surface area (Å²) in [5.74, 6) is -12.2. The molecule has 27 nitrogen and oxygen atoms in total. The molecular weight excluding hydrogens is 921 g/mol. The van der Waals surface area contributed by atoms with Gasteiger partial charge in [0.15, 0.2) is 5.96 Å². The Balaban J connectivity index is 3.31. The fourth-order valence-electron chi connectivity index (χ4n) is 6.72. The van der Waals surface area contributed by atoms with Crippen LogP contribution in [0.4, 0.5) is 0 Å². The molecule has 8 amide bonds. The Morgan fingerprint density at radius 1 is 0.662 bits per heavy atom. The lowest BCUT2D eigenvalue weighted by molar-refractivity contribution is -0.145. The molecule has 1 aliphatic rings. The molecule has 18 N–H and O–H groups in total. The van der Waals surface area contributed by atoms with Gasteiger partial charge in [-0.15, -0.1) is 0 Å². The molecule has 28 heteroatoms. The van der Waals surface area contributed by atoms with Gasteiger partial charge in [0.25, 0.3) is 0 Å². The Morgan fingerprint density at radius 2 is 1.15 bits per heavy atom. The fourth-order valence-corrected chi connectivity index (χ4v) is 6.98. The second-order valence-corrected chi connectivity index (χ2v) is 17.3. The summed E-state index contributed by atoms with van der Waals surface area (Å²) < 4.78 is 0. The van der Waals surface area contributed by atoms with Crippen LogP contribution < -0.4 is 54.4 Å². The van der Waals surface area contributed by atoms with Crippen molar-refractivity contribution in [1.82, 2.24) is 42.1 Å². The molecule has 1 rings (SSSR count). The zero-order valence-corrected chi connectivity index (χ0v) is 39.9. The van der Waals surface area contributed by atoms with Crippen LogP contribution in [-0.4, -0.2) is 188 Å². The number of amides is 8. The molecule has 1 aliphatic heterocycles. The third-order valence-electron chi connectivity index (χ3n) is 10.6. The number of carboxylic acids is 2. The van der Waals surface area contributed by atoms with Crippen LogP contribution >= 0.6 is 12.6 Å². The van der Waals surface area contributed by atoms with Crippen molar-refractivity contribution < 1.29 is 73.5 Å². The lowest BCUT2D eigenvalue weighted by Gasteiger charge is -2.32. The predicted octanol–water partition coefficient (Wildman–Crippen LogP) is -6.30. The minimum absolute atomic E-state index is 0.0290. The van der Waals surface area contributed by atoms with Crippen molar-refractivity contribution >= 4 is 77.8 Å². The van der Waals surface area contributed by atoms with E-state index in [4.69, 9.17) is 17.2 Å². The van der Waals surface area contributed by atoms with Crippen LogP contribution in [0, 0.1) is 11.8 Å². The number of likely N-dealkylation sites (tertiary alicyclic amines) is 1. The number of aliphatic hydroxyl groups is 3. The number of aliphatic imine (C=N–C) groups is 1. The fraction of sp³-hybridized carbons (Fsp3) is 0.725. The van der Waals surface area contributed by atoms with E-state index in [9.17, 15) is 73.5 Å². The maximum Gasteiger partial charge on any atom is 0.326 e. The first-order chi connectivity index (χ1) is 31.7. The predicted molar refractivity (Wildman–Crippen MR) is 245 cm³/mol. The van der Waals surface area contributed by atoms with Crippen LogP contribution in [0.3, 0.4) is 0 Å². The van der Waals surface area contributed by atoms with E-state index in [1.54, 1.807) is 13.8 Å². The van der Waals surface area contributed by atoms with Gasteiger partial charge in [0.05, 0.1) is 18.8 Å². The van der Waals surface area contributed by atoms with Crippen LogP contribution in [0.25, 0.3) is 0 Å². The first-order valence-electron chi connectivity index (χ1n) is 21.9. The van der Waals surface area contributed by atoms with Gasteiger partial charge in [0, 0.05) is 25.3 Å². The summed E-state index contributed by atoms with van der Waals surface area (Å²) in [6.07, 6.45) is -3.96. The van der Waals surface area contributed by atoms with Crippen molar-refractivity contribution in [2.24, 2.45) is 34.0 Å². The zero-order chi connectivity index (χ0) is 52.2. The van der Waals surface area contributed by atoms with E-state index in [1.807, 2.05) is 0 Å². The molecule has 1 heterocycles. The van der Waals surface area contributed by atoms with Crippen LogP contribution in [-0.2, 0) is 47.9 Å². The molecule has 0 saturated carbocycles. The Kier molecular flexibility index (Phi) is 25.8. The highest BCUT2D eigenvalue weighted by molar-refractivity contribution is 7.80. The Labute approximate surface area is 398 Å². The minimum Gasteiger partial charge on any atom is -0.481 e. The second kappa shape index (κ2) is 29.1. The maximum atomic E-state index is 14.0. The number of rotatable bonds is 29. The largest absolute Gasteiger partial charge is 0.481 e. The summed E-state index contributed by atoms with van der Waals surface area (Å²) in [7, 11) is 0. The molecule has 0 aromatic heterocycles. The molecule has 0 bridgehead atoms. The van der Waals surface area contributed by atoms with Crippen molar-refractivity contribution in [3.05, 3.63) is 0 Å². The molecule has 1 saturated heterocycles. The van der Waals surface area contributed by atoms with Gasteiger partial charge in [-0.05, 0) is 57.8 Å². The van der Waals surface area contributed by atoms with Crippen LogP contribution in [0.5, 0.6) is 0 Å². The Hall–Kier alpha value is -5.84. The molecule has 0 aliphatic carbocycles. The number of hydrogen-bond donors (Lipinski definition) is 16. The molecule has 1 fully saturated rings. The van der Waals surface area contributed by atoms with Gasteiger partial charge >= 0.3 is 11.9 Å². The van der Waals surface area contributed by atoms with E-state index >= 15 is 0 Å². The van der Waals surface area contributed by atoms with E-state index in [2.05, 4.69) is 54.8 Å². The van der Waals surface area contributed by atoms with Crippen molar-refractivity contribution in [2.45, 2.75) is 147 Å². The molecule has 0 radical (unpaired) electrons. The molecule has 68 heavy (non-hydrogen) atoms. The number of nitrogens with one attached hydrogen (secondary N) is 7. The summed E-state index contributed by atoms with van der Waals surface area (Å²) in [5, 5.41) is 66.0. The number of guanidine groups is 1. The topological polar surface area (TPSA) is 450 Å². The lowest BCUT2D eigenvalue weighted by atomic mass is 10.0. The van der Waals surface area contributed by atoms with Crippen LogP contribution in [0.15, 0.2) is 4.99 Å². The third-order valence-corrected chi connectivity index (χ3v) is 11.0.